The van der Waals surface area contributed by atoms with Crippen LogP contribution in [0.2, 0.25) is 5.02 Å². The van der Waals surface area contributed by atoms with Crippen LogP contribution in [0.3, 0.4) is 0 Å². The number of amides is 1. The molecule has 126 valence electrons. The molecule has 0 unspecified atom stereocenters. The van der Waals surface area contributed by atoms with E-state index in [-0.39, 0.29) is 5.91 Å². The SMILES string of the molecule is Cc1ccc(CNc2ncc(C(=O)Nc3ccc(Cl)cc3)cn2)cc1. The average molecular weight is 353 g/mol. The van der Waals surface area contributed by atoms with Crippen molar-refractivity contribution in [3.63, 3.8) is 0 Å². The van der Waals surface area contributed by atoms with Crippen molar-refractivity contribution in [3.8, 4) is 0 Å². The van der Waals surface area contributed by atoms with Gasteiger partial charge in [0.05, 0.1) is 5.56 Å². The summed E-state index contributed by atoms with van der Waals surface area (Å²) in [5.74, 6) is 0.205. The Morgan fingerprint density at radius 3 is 2.28 bits per heavy atom. The van der Waals surface area contributed by atoms with Gasteiger partial charge in [0.2, 0.25) is 5.95 Å². The number of hydrogen-bond acceptors (Lipinski definition) is 4. The van der Waals surface area contributed by atoms with E-state index in [9.17, 15) is 4.79 Å². The van der Waals surface area contributed by atoms with Crippen LogP contribution in [0.4, 0.5) is 11.6 Å². The smallest absolute Gasteiger partial charge is 0.258 e. The molecule has 0 radical (unpaired) electrons. The zero-order valence-electron chi connectivity index (χ0n) is 13.7. The fraction of sp³-hybridized carbons (Fsp3) is 0.105. The second-order valence-electron chi connectivity index (χ2n) is 5.60. The first-order valence-corrected chi connectivity index (χ1v) is 8.16. The molecule has 0 aliphatic rings. The summed E-state index contributed by atoms with van der Waals surface area (Å²) in [6.45, 7) is 2.67. The van der Waals surface area contributed by atoms with Crippen LogP contribution in [-0.4, -0.2) is 15.9 Å². The van der Waals surface area contributed by atoms with Gasteiger partial charge in [-0.15, -0.1) is 0 Å². The molecular weight excluding hydrogens is 336 g/mol. The minimum atomic E-state index is -0.271. The molecule has 0 fully saturated rings. The van der Waals surface area contributed by atoms with Gasteiger partial charge in [0.1, 0.15) is 0 Å². The molecule has 3 aromatic rings. The Hall–Kier alpha value is -2.92. The maximum Gasteiger partial charge on any atom is 0.258 e. The number of aryl methyl sites for hydroxylation is 1. The number of benzene rings is 2. The van der Waals surface area contributed by atoms with E-state index in [0.29, 0.717) is 28.8 Å². The van der Waals surface area contributed by atoms with E-state index in [0.717, 1.165) is 5.56 Å². The lowest BCUT2D eigenvalue weighted by Gasteiger charge is -2.07. The van der Waals surface area contributed by atoms with Crippen LogP contribution in [0.1, 0.15) is 21.5 Å². The van der Waals surface area contributed by atoms with E-state index in [1.807, 2.05) is 6.92 Å². The normalized spacial score (nSPS) is 10.3. The van der Waals surface area contributed by atoms with Gasteiger partial charge in [0.15, 0.2) is 0 Å². The van der Waals surface area contributed by atoms with Crippen molar-refractivity contribution in [2.75, 3.05) is 10.6 Å². The van der Waals surface area contributed by atoms with Crippen LogP contribution in [0.25, 0.3) is 0 Å². The Morgan fingerprint density at radius 2 is 1.64 bits per heavy atom. The lowest BCUT2D eigenvalue weighted by atomic mass is 10.1. The molecule has 0 saturated carbocycles. The quantitative estimate of drug-likeness (QED) is 0.718. The molecule has 2 aromatic carbocycles. The fourth-order valence-electron chi connectivity index (χ4n) is 2.16. The van der Waals surface area contributed by atoms with Gasteiger partial charge >= 0.3 is 0 Å². The summed E-state index contributed by atoms with van der Waals surface area (Å²) in [7, 11) is 0. The van der Waals surface area contributed by atoms with Crippen molar-refractivity contribution in [2.24, 2.45) is 0 Å². The van der Waals surface area contributed by atoms with Crippen LogP contribution in [0.5, 0.6) is 0 Å². The van der Waals surface area contributed by atoms with Crippen molar-refractivity contribution in [2.45, 2.75) is 13.5 Å². The van der Waals surface area contributed by atoms with Gasteiger partial charge in [-0.1, -0.05) is 41.4 Å². The zero-order chi connectivity index (χ0) is 17.6. The van der Waals surface area contributed by atoms with Crippen LogP contribution in [0.15, 0.2) is 60.9 Å². The Kier molecular flexibility index (Phi) is 5.26. The van der Waals surface area contributed by atoms with Crippen molar-refractivity contribution < 1.29 is 4.79 Å². The number of carbonyl (C=O) groups is 1. The third-order valence-electron chi connectivity index (χ3n) is 3.59. The van der Waals surface area contributed by atoms with E-state index in [1.165, 1.54) is 18.0 Å². The van der Waals surface area contributed by atoms with E-state index in [2.05, 4.69) is 44.9 Å². The molecule has 2 N–H and O–H groups in total. The molecule has 1 amide bonds. The van der Waals surface area contributed by atoms with E-state index in [4.69, 9.17) is 11.6 Å². The third-order valence-corrected chi connectivity index (χ3v) is 3.84. The standard InChI is InChI=1S/C19H17ClN4O/c1-13-2-4-14(5-3-13)10-21-19-22-11-15(12-23-19)18(25)24-17-8-6-16(20)7-9-17/h2-9,11-12H,10H2,1H3,(H,24,25)(H,21,22,23). The Balaban J connectivity index is 1.58. The first-order valence-electron chi connectivity index (χ1n) is 7.78. The summed E-state index contributed by atoms with van der Waals surface area (Å²) in [5.41, 5.74) is 3.40. The van der Waals surface area contributed by atoms with Gasteiger partial charge in [-0.3, -0.25) is 4.79 Å². The van der Waals surface area contributed by atoms with Crippen molar-refractivity contribution in [1.82, 2.24) is 9.97 Å². The van der Waals surface area contributed by atoms with Crippen LogP contribution in [-0.2, 0) is 6.54 Å². The summed E-state index contributed by atoms with van der Waals surface area (Å²) < 4.78 is 0. The topological polar surface area (TPSA) is 66.9 Å². The summed E-state index contributed by atoms with van der Waals surface area (Å²) in [6, 6.07) is 15.1. The molecule has 3 rings (SSSR count). The van der Waals surface area contributed by atoms with Crippen LogP contribution < -0.4 is 10.6 Å². The predicted octanol–water partition coefficient (Wildman–Crippen LogP) is 4.30. The summed E-state index contributed by atoms with van der Waals surface area (Å²) in [4.78, 5) is 20.5. The Morgan fingerprint density at radius 1 is 1.00 bits per heavy atom. The van der Waals surface area contributed by atoms with Crippen LogP contribution >= 0.6 is 11.6 Å². The molecule has 1 aromatic heterocycles. The molecule has 1 heterocycles. The molecule has 0 atom stereocenters. The van der Waals surface area contributed by atoms with Gasteiger partial charge in [-0.25, -0.2) is 9.97 Å². The van der Waals surface area contributed by atoms with Gasteiger partial charge in [0, 0.05) is 29.6 Å². The zero-order valence-corrected chi connectivity index (χ0v) is 14.4. The highest BCUT2D eigenvalue weighted by atomic mass is 35.5. The lowest BCUT2D eigenvalue weighted by molar-refractivity contribution is 0.102. The second kappa shape index (κ2) is 7.77. The van der Waals surface area contributed by atoms with E-state index < -0.39 is 0 Å². The highest BCUT2D eigenvalue weighted by molar-refractivity contribution is 6.30. The van der Waals surface area contributed by atoms with E-state index in [1.54, 1.807) is 24.3 Å². The van der Waals surface area contributed by atoms with Crippen LogP contribution in [0, 0.1) is 6.92 Å². The highest BCUT2D eigenvalue weighted by Gasteiger charge is 2.08. The van der Waals surface area contributed by atoms with Crippen molar-refractivity contribution in [3.05, 3.63) is 82.6 Å². The minimum absolute atomic E-state index is 0.271. The molecule has 0 spiro atoms. The minimum Gasteiger partial charge on any atom is -0.350 e. The van der Waals surface area contributed by atoms with Gasteiger partial charge in [-0.2, -0.15) is 0 Å². The number of halogens is 1. The summed E-state index contributed by atoms with van der Waals surface area (Å²) >= 11 is 5.82. The molecular formula is C19H17ClN4O. The molecule has 0 aliphatic carbocycles. The lowest BCUT2D eigenvalue weighted by Crippen LogP contribution is -2.13. The number of anilines is 2. The van der Waals surface area contributed by atoms with E-state index >= 15 is 0 Å². The summed E-state index contributed by atoms with van der Waals surface area (Å²) in [6.07, 6.45) is 2.99. The number of carbonyl (C=O) groups excluding carboxylic acids is 1. The second-order valence-corrected chi connectivity index (χ2v) is 6.03. The number of nitrogens with zero attached hydrogens (tertiary/aromatic N) is 2. The number of aromatic nitrogens is 2. The van der Waals surface area contributed by atoms with Gasteiger partial charge < -0.3 is 10.6 Å². The molecule has 5 nitrogen and oxygen atoms in total. The number of nitrogens with one attached hydrogen (secondary N) is 2. The first kappa shape index (κ1) is 16.9. The first-order chi connectivity index (χ1) is 12.1. The van der Waals surface area contributed by atoms with Gasteiger partial charge in [0.25, 0.3) is 5.91 Å². The largest absolute Gasteiger partial charge is 0.350 e. The average Bonchev–Trinajstić information content (AvgIpc) is 2.63. The monoisotopic (exact) mass is 352 g/mol. The third kappa shape index (κ3) is 4.78. The summed E-state index contributed by atoms with van der Waals surface area (Å²) in [5, 5.41) is 6.52. The molecule has 0 bridgehead atoms. The van der Waals surface area contributed by atoms with Crippen molar-refractivity contribution in [1.29, 1.82) is 0 Å². The van der Waals surface area contributed by atoms with Crippen molar-refractivity contribution >= 4 is 29.1 Å². The predicted molar refractivity (Wildman–Crippen MR) is 99.9 cm³/mol. The number of rotatable bonds is 5. The van der Waals surface area contributed by atoms with Gasteiger partial charge in [-0.05, 0) is 36.8 Å². The number of hydrogen-bond donors (Lipinski definition) is 2. The molecule has 0 aliphatic heterocycles. The Labute approximate surface area is 151 Å². The molecule has 25 heavy (non-hydrogen) atoms. The maximum atomic E-state index is 12.2. The molecule has 0 saturated heterocycles. The Bertz CT molecular complexity index is 846. The molecule has 6 heteroatoms. The maximum absolute atomic E-state index is 12.2. The highest BCUT2D eigenvalue weighted by Crippen LogP contribution is 2.14. The fourth-order valence-corrected chi connectivity index (χ4v) is 2.29.